The summed E-state index contributed by atoms with van der Waals surface area (Å²) in [6.45, 7) is 2.53. The summed E-state index contributed by atoms with van der Waals surface area (Å²) in [4.78, 5) is 41.3. The number of carbonyl (C=O) groups excluding carboxylic acids is 1. The van der Waals surface area contributed by atoms with E-state index in [1.165, 1.54) is 28.5 Å². The van der Waals surface area contributed by atoms with Crippen molar-refractivity contribution in [3.05, 3.63) is 98.3 Å². The first kappa shape index (κ1) is 24.9. The highest BCUT2D eigenvalue weighted by Crippen LogP contribution is 2.26. The lowest BCUT2D eigenvalue weighted by Gasteiger charge is -2.14. The third kappa shape index (κ3) is 5.38. The Labute approximate surface area is 211 Å². The zero-order valence-electron chi connectivity index (χ0n) is 19.8. The highest BCUT2D eigenvalue weighted by atomic mass is 32.2. The molecule has 36 heavy (non-hydrogen) atoms. The molecule has 0 fully saturated rings. The van der Waals surface area contributed by atoms with Gasteiger partial charge < -0.3 is 10.1 Å². The standard InChI is InChI=1S/C26H24N4O5S/c1-3-14-27-24(31)18-6-13-22-23(15-18)28-26(36-16-17-4-7-20(8-5-17)30(33)34)29(25(22)32)19-9-11-21(35-2)12-10-19/h4-13,15H,3,14,16H2,1-2H3,(H,27,31). The van der Waals surface area contributed by atoms with Gasteiger partial charge in [-0.2, -0.15) is 0 Å². The van der Waals surface area contributed by atoms with Crippen molar-refractivity contribution in [2.24, 2.45) is 0 Å². The molecule has 0 aliphatic carbocycles. The van der Waals surface area contributed by atoms with Gasteiger partial charge in [-0.05, 0) is 54.4 Å². The number of benzene rings is 3. The van der Waals surface area contributed by atoms with Crippen molar-refractivity contribution in [1.29, 1.82) is 0 Å². The molecule has 184 valence electrons. The molecule has 0 aliphatic heterocycles. The van der Waals surface area contributed by atoms with E-state index in [-0.39, 0.29) is 17.2 Å². The first-order valence-electron chi connectivity index (χ1n) is 11.3. The number of methoxy groups -OCH3 is 1. The minimum atomic E-state index is -0.447. The highest BCUT2D eigenvalue weighted by Gasteiger charge is 2.16. The van der Waals surface area contributed by atoms with Crippen LogP contribution in [0.5, 0.6) is 5.75 Å². The topological polar surface area (TPSA) is 116 Å². The Morgan fingerprint density at radius 3 is 2.47 bits per heavy atom. The molecule has 9 nitrogen and oxygen atoms in total. The molecule has 0 saturated carbocycles. The summed E-state index contributed by atoms with van der Waals surface area (Å²) in [7, 11) is 1.57. The number of nitro groups is 1. The van der Waals surface area contributed by atoms with E-state index in [4.69, 9.17) is 9.72 Å². The third-order valence-electron chi connectivity index (χ3n) is 5.48. The van der Waals surface area contributed by atoms with Crippen molar-refractivity contribution < 1.29 is 14.5 Å². The number of hydrogen-bond donors (Lipinski definition) is 1. The molecule has 1 amide bonds. The molecule has 0 atom stereocenters. The second-order valence-corrected chi connectivity index (χ2v) is 8.88. The van der Waals surface area contributed by atoms with Crippen LogP contribution in [0.2, 0.25) is 0 Å². The van der Waals surface area contributed by atoms with Crippen LogP contribution in [0.1, 0.15) is 29.3 Å². The molecule has 0 spiro atoms. The van der Waals surface area contributed by atoms with E-state index in [1.807, 2.05) is 6.92 Å². The fourth-order valence-corrected chi connectivity index (χ4v) is 4.53. The number of ether oxygens (including phenoxy) is 1. The number of aromatic nitrogens is 2. The Balaban J connectivity index is 1.77. The van der Waals surface area contributed by atoms with Crippen LogP contribution >= 0.6 is 11.8 Å². The number of non-ortho nitro benzene ring substituents is 1. The number of nitrogens with zero attached hydrogens (tertiary/aromatic N) is 3. The molecular weight excluding hydrogens is 480 g/mol. The number of thioether (sulfide) groups is 1. The molecule has 4 rings (SSSR count). The lowest BCUT2D eigenvalue weighted by atomic mass is 10.1. The van der Waals surface area contributed by atoms with Crippen LogP contribution < -0.4 is 15.6 Å². The number of nitrogens with one attached hydrogen (secondary N) is 1. The Morgan fingerprint density at radius 2 is 1.83 bits per heavy atom. The number of carbonyl (C=O) groups is 1. The van der Waals surface area contributed by atoms with E-state index in [0.29, 0.717) is 45.4 Å². The lowest BCUT2D eigenvalue weighted by molar-refractivity contribution is -0.384. The maximum atomic E-state index is 13.6. The summed E-state index contributed by atoms with van der Waals surface area (Å²) in [5, 5.41) is 14.6. The minimum Gasteiger partial charge on any atom is -0.497 e. The molecule has 0 radical (unpaired) electrons. The van der Waals surface area contributed by atoms with Gasteiger partial charge in [0.05, 0.1) is 28.6 Å². The molecule has 4 aromatic rings. The summed E-state index contributed by atoms with van der Waals surface area (Å²) in [6.07, 6.45) is 0.813. The number of amides is 1. The number of nitro benzene ring substituents is 1. The largest absolute Gasteiger partial charge is 0.497 e. The Bertz CT molecular complexity index is 1470. The maximum Gasteiger partial charge on any atom is 0.269 e. The van der Waals surface area contributed by atoms with Crippen molar-refractivity contribution >= 4 is 34.3 Å². The van der Waals surface area contributed by atoms with Gasteiger partial charge in [-0.25, -0.2) is 4.98 Å². The predicted molar refractivity (Wildman–Crippen MR) is 139 cm³/mol. The Morgan fingerprint density at radius 1 is 1.11 bits per heavy atom. The van der Waals surface area contributed by atoms with Gasteiger partial charge in [0.2, 0.25) is 0 Å². The SMILES string of the molecule is CCCNC(=O)c1ccc2c(=O)n(-c3ccc(OC)cc3)c(SCc3ccc([N+](=O)[O-])cc3)nc2c1. The Hall–Kier alpha value is -4.18. The number of fused-ring (bicyclic) bond motifs is 1. The monoisotopic (exact) mass is 504 g/mol. The van der Waals surface area contributed by atoms with Crippen molar-refractivity contribution in [3.63, 3.8) is 0 Å². The van der Waals surface area contributed by atoms with E-state index in [1.54, 1.807) is 61.7 Å². The molecule has 3 aromatic carbocycles. The van der Waals surface area contributed by atoms with E-state index in [9.17, 15) is 19.7 Å². The predicted octanol–water partition coefficient (Wildman–Crippen LogP) is 4.73. The molecule has 1 aromatic heterocycles. The van der Waals surface area contributed by atoms with E-state index < -0.39 is 4.92 Å². The molecule has 1 heterocycles. The van der Waals surface area contributed by atoms with E-state index >= 15 is 0 Å². The van der Waals surface area contributed by atoms with E-state index in [2.05, 4.69) is 5.32 Å². The third-order valence-corrected chi connectivity index (χ3v) is 6.49. The van der Waals surface area contributed by atoms with Gasteiger partial charge in [0, 0.05) is 30.0 Å². The fraction of sp³-hybridized carbons (Fsp3) is 0.192. The van der Waals surface area contributed by atoms with Crippen LogP contribution in [0.25, 0.3) is 16.6 Å². The van der Waals surface area contributed by atoms with Crippen LogP contribution in [-0.2, 0) is 5.75 Å². The molecule has 0 bridgehead atoms. The van der Waals surface area contributed by atoms with Gasteiger partial charge in [0.25, 0.3) is 17.2 Å². The first-order valence-corrected chi connectivity index (χ1v) is 12.3. The van der Waals surface area contributed by atoms with Crippen LogP contribution in [0.4, 0.5) is 5.69 Å². The van der Waals surface area contributed by atoms with Gasteiger partial charge in [-0.15, -0.1) is 0 Å². The first-order chi connectivity index (χ1) is 17.4. The average Bonchev–Trinajstić information content (AvgIpc) is 2.90. The van der Waals surface area contributed by atoms with Crippen LogP contribution in [0.3, 0.4) is 0 Å². The molecule has 0 aliphatic rings. The molecule has 0 unspecified atom stereocenters. The zero-order valence-corrected chi connectivity index (χ0v) is 20.6. The fourth-order valence-electron chi connectivity index (χ4n) is 3.56. The molecule has 1 N–H and O–H groups in total. The maximum absolute atomic E-state index is 13.6. The highest BCUT2D eigenvalue weighted by molar-refractivity contribution is 7.98. The van der Waals surface area contributed by atoms with Gasteiger partial charge >= 0.3 is 0 Å². The molecule has 0 saturated heterocycles. The van der Waals surface area contributed by atoms with Crippen LogP contribution in [0.15, 0.2) is 76.7 Å². The van der Waals surface area contributed by atoms with Crippen LogP contribution in [0, 0.1) is 10.1 Å². The summed E-state index contributed by atoms with van der Waals surface area (Å²) >= 11 is 1.33. The normalized spacial score (nSPS) is 10.8. The molecule has 10 heteroatoms. The van der Waals surface area contributed by atoms with Crippen molar-refractivity contribution in [1.82, 2.24) is 14.9 Å². The minimum absolute atomic E-state index is 0.0107. The van der Waals surface area contributed by atoms with E-state index in [0.717, 1.165) is 12.0 Å². The summed E-state index contributed by atoms with van der Waals surface area (Å²) in [5.41, 5.74) is 2.05. The van der Waals surface area contributed by atoms with Gasteiger partial charge in [-0.3, -0.25) is 24.3 Å². The van der Waals surface area contributed by atoms with Gasteiger partial charge in [0.1, 0.15) is 5.75 Å². The Kier molecular flexibility index (Phi) is 7.65. The summed E-state index contributed by atoms with van der Waals surface area (Å²) < 4.78 is 6.76. The van der Waals surface area contributed by atoms with Crippen LogP contribution in [-0.4, -0.2) is 34.0 Å². The van der Waals surface area contributed by atoms with Gasteiger partial charge in [-0.1, -0.05) is 30.8 Å². The lowest BCUT2D eigenvalue weighted by Crippen LogP contribution is -2.25. The van der Waals surface area contributed by atoms with Crippen molar-refractivity contribution in [3.8, 4) is 11.4 Å². The van der Waals surface area contributed by atoms with Crippen molar-refractivity contribution in [2.45, 2.75) is 24.3 Å². The zero-order chi connectivity index (χ0) is 25.7. The number of hydrogen-bond acceptors (Lipinski definition) is 7. The summed E-state index contributed by atoms with van der Waals surface area (Å²) in [6, 6.07) is 18.2. The quantitative estimate of drug-likeness (QED) is 0.152. The smallest absolute Gasteiger partial charge is 0.269 e. The summed E-state index contributed by atoms with van der Waals surface area (Å²) in [5.74, 6) is 0.867. The average molecular weight is 505 g/mol. The second-order valence-electron chi connectivity index (χ2n) is 7.93. The molecular formula is C26H24N4O5S. The number of rotatable bonds is 9. The van der Waals surface area contributed by atoms with Gasteiger partial charge in [0.15, 0.2) is 5.16 Å². The second kappa shape index (κ2) is 11.0. The van der Waals surface area contributed by atoms with Crippen molar-refractivity contribution in [2.75, 3.05) is 13.7 Å².